The standard InChI is InChI=1S/C20H24N4O3/c1-27-19(26)15-10-6-7-11-16(15)23-20-21-13-12-17(24-20)18(25)22-14-8-4-2-3-5-9-14/h6-7,10-14H,2-5,8-9H2,1H3,(H,22,25)(H,21,23,24). The number of amides is 1. The van der Waals surface area contributed by atoms with E-state index in [4.69, 9.17) is 4.74 Å². The van der Waals surface area contributed by atoms with Gasteiger partial charge < -0.3 is 15.4 Å². The maximum atomic E-state index is 12.5. The van der Waals surface area contributed by atoms with Crippen LogP contribution in [0.5, 0.6) is 0 Å². The minimum Gasteiger partial charge on any atom is -0.465 e. The Bertz CT molecular complexity index is 801. The Kier molecular flexibility index (Phi) is 6.35. The molecule has 1 aliphatic rings. The van der Waals surface area contributed by atoms with Crippen molar-refractivity contribution in [2.24, 2.45) is 0 Å². The van der Waals surface area contributed by atoms with E-state index in [-0.39, 0.29) is 17.9 Å². The van der Waals surface area contributed by atoms with Gasteiger partial charge in [-0.1, -0.05) is 37.8 Å². The number of aromatic nitrogens is 2. The predicted molar refractivity (Wildman–Crippen MR) is 102 cm³/mol. The fourth-order valence-electron chi connectivity index (χ4n) is 3.23. The molecule has 0 spiro atoms. The van der Waals surface area contributed by atoms with E-state index < -0.39 is 5.97 Å². The van der Waals surface area contributed by atoms with Crippen LogP contribution >= 0.6 is 0 Å². The first kappa shape index (κ1) is 18.8. The van der Waals surface area contributed by atoms with Crippen molar-refractivity contribution in [3.8, 4) is 0 Å². The molecule has 1 amide bonds. The second kappa shape index (κ2) is 9.12. The molecule has 2 aromatic rings. The number of nitrogens with zero attached hydrogens (tertiary/aromatic N) is 2. The van der Waals surface area contributed by atoms with Gasteiger partial charge in [0.1, 0.15) is 5.69 Å². The Morgan fingerprint density at radius 3 is 2.56 bits per heavy atom. The molecule has 3 rings (SSSR count). The molecule has 142 valence electrons. The molecule has 1 heterocycles. The summed E-state index contributed by atoms with van der Waals surface area (Å²) >= 11 is 0. The summed E-state index contributed by atoms with van der Waals surface area (Å²) in [4.78, 5) is 32.9. The summed E-state index contributed by atoms with van der Waals surface area (Å²) < 4.78 is 4.79. The first-order valence-corrected chi connectivity index (χ1v) is 9.25. The van der Waals surface area contributed by atoms with E-state index >= 15 is 0 Å². The third kappa shape index (κ3) is 5.03. The topological polar surface area (TPSA) is 93.2 Å². The number of para-hydroxylation sites is 1. The van der Waals surface area contributed by atoms with Crippen LogP contribution in [-0.4, -0.2) is 35.0 Å². The number of carbonyl (C=O) groups is 2. The lowest BCUT2D eigenvalue weighted by Crippen LogP contribution is -2.35. The van der Waals surface area contributed by atoms with Gasteiger partial charge in [-0.2, -0.15) is 0 Å². The molecule has 0 atom stereocenters. The van der Waals surface area contributed by atoms with Gasteiger partial charge in [-0.25, -0.2) is 14.8 Å². The number of anilines is 2. The van der Waals surface area contributed by atoms with Gasteiger partial charge in [0, 0.05) is 12.2 Å². The number of esters is 1. The second-order valence-corrected chi connectivity index (χ2v) is 6.59. The average molecular weight is 368 g/mol. The van der Waals surface area contributed by atoms with Crippen molar-refractivity contribution in [3.63, 3.8) is 0 Å². The van der Waals surface area contributed by atoms with E-state index in [0.29, 0.717) is 16.9 Å². The van der Waals surface area contributed by atoms with E-state index in [9.17, 15) is 9.59 Å². The van der Waals surface area contributed by atoms with Crippen LogP contribution in [0, 0.1) is 0 Å². The molecule has 7 heteroatoms. The van der Waals surface area contributed by atoms with Gasteiger partial charge in [-0.15, -0.1) is 0 Å². The van der Waals surface area contributed by atoms with Crippen LogP contribution in [0.3, 0.4) is 0 Å². The van der Waals surface area contributed by atoms with Crippen molar-refractivity contribution in [1.82, 2.24) is 15.3 Å². The lowest BCUT2D eigenvalue weighted by atomic mass is 10.1. The lowest BCUT2D eigenvalue weighted by Gasteiger charge is -2.16. The summed E-state index contributed by atoms with van der Waals surface area (Å²) in [6.07, 6.45) is 8.29. The Labute approximate surface area is 158 Å². The number of methoxy groups -OCH3 is 1. The molecule has 0 aliphatic heterocycles. The predicted octanol–water partition coefficient (Wildman–Crippen LogP) is 3.46. The zero-order chi connectivity index (χ0) is 19.1. The molecular weight excluding hydrogens is 344 g/mol. The molecule has 0 radical (unpaired) electrons. The van der Waals surface area contributed by atoms with Crippen LogP contribution in [0.1, 0.15) is 59.4 Å². The van der Waals surface area contributed by atoms with E-state index in [2.05, 4.69) is 20.6 Å². The Balaban J connectivity index is 1.72. The van der Waals surface area contributed by atoms with Crippen LogP contribution in [-0.2, 0) is 4.74 Å². The van der Waals surface area contributed by atoms with E-state index in [0.717, 1.165) is 25.7 Å². The normalized spacial score (nSPS) is 14.9. The van der Waals surface area contributed by atoms with Gasteiger partial charge in [0.05, 0.1) is 18.4 Å². The average Bonchev–Trinajstić information content (AvgIpc) is 2.96. The van der Waals surface area contributed by atoms with Crippen LogP contribution < -0.4 is 10.6 Å². The Hall–Kier alpha value is -2.96. The number of hydrogen-bond donors (Lipinski definition) is 2. The minimum atomic E-state index is -0.458. The zero-order valence-corrected chi connectivity index (χ0v) is 15.4. The summed E-state index contributed by atoms with van der Waals surface area (Å²) in [6, 6.07) is 8.70. The van der Waals surface area contributed by atoms with Crippen LogP contribution in [0.4, 0.5) is 11.6 Å². The number of nitrogens with one attached hydrogen (secondary N) is 2. The third-order valence-corrected chi connectivity index (χ3v) is 4.66. The first-order valence-electron chi connectivity index (χ1n) is 9.25. The molecule has 1 aromatic carbocycles. The molecule has 2 N–H and O–H groups in total. The zero-order valence-electron chi connectivity index (χ0n) is 15.4. The van der Waals surface area contributed by atoms with Gasteiger partial charge in [0.15, 0.2) is 0 Å². The molecule has 1 saturated carbocycles. The summed E-state index contributed by atoms with van der Waals surface area (Å²) in [5.41, 5.74) is 1.19. The number of carbonyl (C=O) groups excluding carboxylic acids is 2. The molecular formula is C20H24N4O3. The molecule has 7 nitrogen and oxygen atoms in total. The highest BCUT2D eigenvalue weighted by Crippen LogP contribution is 2.20. The number of benzene rings is 1. The summed E-state index contributed by atoms with van der Waals surface area (Å²) in [5, 5.41) is 6.07. The quantitative estimate of drug-likeness (QED) is 0.620. The third-order valence-electron chi connectivity index (χ3n) is 4.66. The SMILES string of the molecule is COC(=O)c1ccccc1Nc1nccc(C(=O)NC2CCCCCC2)n1. The van der Waals surface area contributed by atoms with Crippen LogP contribution in [0.15, 0.2) is 36.5 Å². The Morgan fingerprint density at radius 1 is 1.07 bits per heavy atom. The van der Waals surface area contributed by atoms with E-state index in [1.165, 1.54) is 26.1 Å². The van der Waals surface area contributed by atoms with Gasteiger partial charge in [0.25, 0.3) is 5.91 Å². The largest absolute Gasteiger partial charge is 0.465 e. The van der Waals surface area contributed by atoms with Crippen molar-refractivity contribution < 1.29 is 14.3 Å². The van der Waals surface area contributed by atoms with E-state index in [1.54, 1.807) is 30.3 Å². The van der Waals surface area contributed by atoms with Crippen molar-refractivity contribution in [3.05, 3.63) is 47.8 Å². The minimum absolute atomic E-state index is 0.200. The van der Waals surface area contributed by atoms with Gasteiger partial charge >= 0.3 is 5.97 Å². The number of hydrogen-bond acceptors (Lipinski definition) is 6. The van der Waals surface area contributed by atoms with Crippen LogP contribution in [0.2, 0.25) is 0 Å². The molecule has 0 saturated heterocycles. The second-order valence-electron chi connectivity index (χ2n) is 6.59. The molecule has 0 unspecified atom stereocenters. The highest BCUT2D eigenvalue weighted by Gasteiger charge is 2.17. The molecule has 1 aromatic heterocycles. The smallest absolute Gasteiger partial charge is 0.339 e. The summed E-state index contributed by atoms with van der Waals surface area (Å²) in [6.45, 7) is 0. The van der Waals surface area contributed by atoms with Gasteiger partial charge in [-0.3, -0.25) is 4.79 Å². The van der Waals surface area contributed by atoms with Crippen LogP contribution in [0.25, 0.3) is 0 Å². The van der Waals surface area contributed by atoms with Crippen molar-refractivity contribution in [1.29, 1.82) is 0 Å². The first-order chi connectivity index (χ1) is 13.2. The summed E-state index contributed by atoms with van der Waals surface area (Å²) in [7, 11) is 1.33. The highest BCUT2D eigenvalue weighted by atomic mass is 16.5. The van der Waals surface area contributed by atoms with Crippen molar-refractivity contribution >= 4 is 23.5 Å². The summed E-state index contributed by atoms with van der Waals surface area (Å²) in [5.74, 6) is -0.408. The van der Waals surface area contributed by atoms with Gasteiger partial charge in [-0.05, 0) is 31.0 Å². The fraction of sp³-hybridized carbons (Fsp3) is 0.400. The highest BCUT2D eigenvalue weighted by molar-refractivity contribution is 5.96. The maximum absolute atomic E-state index is 12.5. The monoisotopic (exact) mass is 368 g/mol. The molecule has 1 aliphatic carbocycles. The molecule has 0 bridgehead atoms. The number of ether oxygens (including phenoxy) is 1. The van der Waals surface area contributed by atoms with E-state index in [1.807, 2.05) is 0 Å². The lowest BCUT2D eigenvalue weighted by molar-refractivity contribution is 0.0601. The Morgan fingerprint density at radius 2 is 1.81 bits per heavy atom. The molecule has 27 heavy (non-hydrogen) atoms. The van der Waals surface area contributed by atoms with Gasteiger partial charge in [0.2, 0.25) is 5.95 Å². The molecule has 1 fully saturated rings. The maximum Gasteiger partial charge on any atom is 0.339 e. The van der Waals surface area contributed by atoms with Crippen molar-refractivity contribution in [2.45, 2.75) is 44.6 Å². The van der Waals surface area contributed by atoms with Crippen molar-refractivity contribution in [2.75, 3.05) is 12.4 Å². The number of rotatable bonds is 5. The fourth-order valence-corrected chi connectivity index (χ4v) is 3.23.